The van der Waals surface area contributed by atoms with Crippen LogP contribution in [0.4, 0.5) is 0 Å². The SMILES string of the molecule is CSCCC(NC(=O)C1CCCN1C(=O)C(C)NC(=O)C(N)CS)C(=O)O. The van der Waals surface area contributed by atoms with Crippen LogP contribution in [0.2, 0.25) is 0 Å². The van der Waals surface area contributed by atoms with Gasteiger partial charge in [0.25, 0.3) is 0 Å². The first-order valence-electron chi connectivity index (χ1n) is 8.72. The topological polar surface area (TPSA) is 142 Å². The molecule has 27 heavy (non-hydrogen) atoms. The summed E-state index contributed by atoms with van der Waals surface area (Å²) in [7, 11) is 0. The van der Waals surface area contributed by atoms with Crippen molar-refractivity contribution in [2.75, 3.05) is 24.3 Å². The van der Waals surface area contributed by atoms with E-state index in [0.29, 0.717) is 31.6 Å². The third-order valence-electron chi connectivity index (χ3n) is 4.33. The molecule has 0 aromatic rings. The van der Waals surface area contributed by atoms with Gasteiger partial charge >= 0.3 is 5.97 Å². The number of hydrogen-bond acceptors (Lipinski definition) is 7. The smallest absolute Gasteiger partial charge is 0.326 e. The Labute approximate surface area is 168 Å². The van der Waals surface area contributed by atoms with Gasteiger partial charge in [-0.25, -0.2) is 4.79 Å². The molecule has 9 nitrogen and oxygen atoms in total. The van der Waals surface area contributed by atoms with Crippen LogP contribution < -0.4 is 16.4 Å². The number of carbonyl (C=O) groups is 4. The third-order valence-corrected chi connectivity index (χ3v) is 5.36. The van der Waals surface area contributed by atoms with E-state index in [0.717, 1.165) is 0 Å². The number of likely N-dealkylation sites (tertiary alicyclic amines) is 1. The molecule has 1 heterocycles. The molecule has 1 fully saturated rings. The van der Waals surface area contributed by atoms with Crippen molar-refractivity contribution in [3.05, 3.63) is 0 Å². The zero-order chi connectivity index (χ0) is 20.6. The number of nitrogens with one attached hydrogen (secondary N) is 2. The highest BCUT2D eigenvalue weighted by Gasteiger charge is 2.37. The van der Waals surface area contributed by atoms with Gasteiger partial charge in [0.1, 0.15) is 18.1 Å². The number of aliphatic carboxylic acids is 1. The number of rotatable bonds is 10. The van der Waals surface area contributed by atoms with E-state index >= 15 is 0 Å². The monoisotopic (exact) mass is 420 g/mol. The van der Waals surface area contributed by atoms with Crippen LogP contribution >= 0.6 is 24.4 Å². The molecule has 0 aliphatic carbocycles. The first-order valence-corrected chi connectivity index (χ1v) is 10.7. The number of hydrogen-bond donors (Lipinski definition) is 5. The van der Waals surface area contributed by atoms with Crippen molar-refractivity contribution in [2.24, 2.45) is 5.73 Å². The van der Waals surface area contributed by atoms with E-state index in [-0.39, 0.29) is 5.75 Å². The second kappa shape index (κ2) is 11.4. The van der Waals surface area contributed by atoms with E-state index in [1.54, 1.807) is 0 Å². The van der Waals surface area contributed by atoms with Crippen LogP contribution in [-0.4, -0.2) is 82.2 Å². The zero-order valence-corrected chi connectivity index (χ0v) is 17.2. The van der Waals surface area contributed by atoms with E-state index in [2.05, 4.69) is 23.3 Å². The molecule has 1 aliphatic heterocycles. The fourth-order valence-electron chi connectivity index (χ4n) is 2.78. The summed E-state index contributed by atoms with van der Waals surface area (Å²) in [6.45, 7) is 1.90. The van der Waals surface area contributed by atoms with Gasteiger partial charge in [0.05, 0.1) is 6.04 Å². The average Bonchev–Trinajstić information content (AvgIpc) is 3.12. The Kier molecular flexibility index (Phi) is 9.95. The Bertz CT molecular complexity index is 563. The van der Waals surface area contributed by atoms with Crippen LogP contribution in [0.5, 0.6) is 0 Å². The third kappa shape index (κ3) is 6.89. The number of amides is 3. The van der Waals surface area contributed by atoms with Crippen molar-refractivity contribution in [2.45, 2.75) is 50.4 Å². The number of thioether (sulfide) groups is 1. The van der Waals surface area contributed by atoms with Gasteiger partial charge < -0.3 is 26.4 Å². The van der Waals surface area contributed by atoms with Gasteiger partial charge in [0, 0.05) is 12.3 Å². The lowest BCUT2D eigenvalue weighted by Crippen LogP contribution is -2.56. The quantitative estimate of drug-likeness (QED) is 0.287. The summed E-state index contributed by atoms with van der Waals surface area (Å²) in [5.41, 5.74) is 5.58. The van der Waals surface area contributed by atoms with Crippen molar-refractivity contribution in [3.63, 3.8) is 0 Å². The van der Waals surface area contributed by atoms with Crippen LogP contribution in [0.15, 0.2) is 0 Å². The van der Waals surface area contributed by atoms with E-state index in [9.17, 15) is 24.3 Å². The lowest BCUT2D eigenvalue weighted by molar-refractivity contribution is -0.144. The minimum Gasteiger partial charge on any atom is -0.480 e. The highest BCUT2D eigenvalue weighted by Crippen LogP contribution is 2.19. The van der Waals surface area contributed by atoms with Crippen LogP contribution in [0.25, 0.3) is 0 Å². The molecule has 0 saturated carbocycles. The van der Waals surface area contributed by atoms with Gasteiger partial charge in [0.2, 0.25) is 17.7 Å². The number of nitrogens with two attached hydrogens (primary N) is 1. The molecular weight excluding hydrogens is 392 g/mol. The zero-order valence-electron chi connectivity index (χ0n) is 15.5. The predicted octanol–water partition coefficient (Wildman–Crippen LogP) is -0.938. The first-order chi connectivity index (χ1) is 12.7. The minimum atomic E-state index is -1.10. The Morgan fingerprint density at radius 1 is 1.33 bits per heavy atom. The summed E-state index contributed by atoms with van der Waals surface area (Å²) in [6.07, 6.45) is 3.23. The van der Waals surface area contributed by atoms with E-state index in [1.807, 2.05) is 6.26 Å². The molecule has 4 atom stereocenters. The van der Waals surface area contributed by atoms with Gasteiger partial charge in [-0.3, -0.25) is 14.4 Å². The Hall–Kier alpha value is -1.46. The molecule has 0 bridgehead atoms. The van der Waals surface area contributed by atoms with E-state index in [1.165, 1.54) is 23.6 Å². The number of thiol groups is 1. The minimum absolute atomic E-state index is 0.147. The largest absolute Gasteiger partial charge is 0.480 e. The molecule has 0 aromatic heterocycles. The van der Waals surface area contributed by atoms with Crippen LogP contribution in [0.3, 0.4) is 0 Å². The summed E-state index contributed by atoms with van der Waals surface area (Å²) in [5, 5.41) is 14.3. The van der Waals surface area contributed by atoms with Crippen LogP contribution in [0.1, 0.15) is 26.2 Å². The lowest BCUT2D eigenvalue weighted by atomic mass is 10.1. The Morgan fingerprint density at radius 3 is 2.56 bits per heavy atom. The summed E-state index contributed by atoms with van der Waals surface area (Å²) in [4.78, 5) is 49.7. The van der Waals surface area contributed by atoms with Crippen molar-refractivity contribution < 1.29 is 24.3 Å². The number of carboxylic acid groups (broad SMARTS) is 1. The van der Waals surface area contributed by atoms with Gasteiger partial charge in [-0.15, -0.1) is 0 Å². The number of nitrogens with zero attached hydrogens (tertiary/aromatic N) is 1. The maximum atomic E-state index is 12.6. The molecule has 154 valence electrons. The Balaban J connectivity index is 2.73. The summed E-state index contributed by atoms with van der Waals surface area (Å²) in [5.74, 6) is -1.74. The molecule has 11 heteroatoms. The standard InChI is InChI=1S/C16H28N4O5S2/c1-9(18-13(21)10(17)8-26)15(23)20-6-3-4-12(20)14(22)19-11(16(24)25)5-7-27-2/h9-12,26H,3-8,17H2,1-2H3,(H,18,21)(H,19,22)(H,24,25). The second-order valence-corrected chi connectivity index (χ2v) is 7.74. The summed E-state index contributed by atoms with van der Waals surface area (Å²) < 4.78 is 0. The summed E-state index contributed by atoms with van der Waals surface area (Å²) in [6, 6.07) is -3.41. The second-order valence-electron chi connectivity index (χ2n) is 6.39. The van der Waals surface area contributed by atoms with Gasteiger partial charge in [-0.2, -0.15) is 24.4 Å². The van der Waals surface area contributed by atoms with Gasteiger partial charge in [-0.1, -0.05) is 0 Å². The maximum Gasteiger partial charge on any atom is 0.326 e. The van der Waals surface area contributed by atoms with Gasteiger partial charge in [0.15, 0.2) is 0 Å². The van der Waals surface area contributed by atoms with E-state index < -0.39 is 47.9 Å². The number of carboxylic acids is 1. The van der Waals surface area contributed by atoms with Gasteiger partial charge in [-0.05, 0) is 38.2 Å². The Morgan fingerprint density at radius 2 is 2.00 bits per heavy atom. The van der Waals surface area contributed by atoms with Crippen molar-refractivity contribution in [3.8, 4) is 0 Å². The fourth-order valence-corrected chi connectivity index (χ4v) is 3.42. The molecule has 3 amide bonds. The predicted molar refractivity (Wildman–Crippen MR) is 107 cm³/mol. The molecule has 1 aliphatic rings. The number of carbonyl (C=O) groups excluding carboxylic acids is 3. The molecule has 5 N–H and O–H groups in total. The molecule has 1 saturated heterocycles. The molecule has 0 radical (unpaired) electrons. The maximum absolute atomic E-state index is 12.6. The van der Waals surface area contributed by atoms with Crippen LogP contribution in [-0.2, 0) is 19.2 Å². The van der Waals surface area contributed by atoms with Crippen molar-refractivity contribution in [1.82, 2.24) is 15.5 Å². The fraction of sp³-hybridized carbons (Fsp3) is 0.750. The molecule has 0 aromatic carbocycles. The summed E-state index contributed by atoms with van der Waals surface area (Å²) >= 11 is 5.44. The van der Waals surface area contributed by atoms with Crippen LogP contribution in [0, 0.1) is 0 Å². The lowest BCUT2D eigenvalue weighted by Gasteiger charge is -2.28. The van der Waals surface area contributed by atoms with Crippen molar-refractivity contribution >= 4 is 48.1 Å². The molecule has 1 rings (SSSR count). The van der Waals surface area contributed by atoms with Crippen molar-refractivity contribution in [1.29, 1.82) is 0 Å². The molecule has 4 unspecified atom stereocenters. The molecular formula is C16H28N4O5S2. The highest BCUT2D eigenvalue weighted by molar-refractivity contribution is 7.98. The highest BCUT2D eigenvalue weighted by atomic mass is 32.2. The van der Waals surface area contributed by atoms with E-state index in [4.69, 9.17) is 5.73 Å². The first kappa shape index (κ1) is 23.6. The molecule has 0 spiro atoms. The normalized spacial score (nSPS) is 19.9. The average molecular weight is 421 g/mol.